The number of nitrogens with one attached hydrogen (secondary N) is 1. The van der Waals surface area contributed by atoms with Gasteiger partial charge in [0.2, 0.25) is 0 Å². The summed E-state index contributed by atoms with van der Waals surface area (Å²) in [6.45, 7) is 4.31. The average molecular weight is 178 g/mol. The van der Waals surface area contributed by atoms with Gasteiger partial charge in [-0.2, -0.15) is 0 Å². The van der Waals surface area contributed by atoms with Gasteiger partial charge in [-0.3, -0.25) is 0 Å². The van der Waals surface area contributed by atoms with Crippen molar-refractivity contribution in [2.45, 2.75) is 0 Å². The Labute approximate surface area is 74.5 Å². The molecule has 0 unspecified atom stereocenters. The monoisotopic (exact) mass is 178 g/mol. The van der Waals surface area contributed by atoms with Gasteiger partial charge in [0.1, 0.15) is 0 Å². The van der Waals surface area contributed by atoms with Crippen molar-refractivity contribution >= 4 is 0 Å². The van der Waals surface area contributed by atoms with Crippen molar-refractivity contribution in [3.05, 3.63) is 21.8 Å². The molecule has 0 aliphatic heterocycles. The maximum absolute atomic E-state index is 5.50. The van der Waals surface area contributed by atoms with E-state index in [0.29, 0.717) is 0 Å². The molecule has 0 fully saturated rings. The molecule has 1 N–H and O–H groups in total. The van der Waals surface area contributed by atoms with Crippen LogP contribution in [-0.4, -0.2) is 13.6 Å². The van der Waals surface area contributed by atoms with E-state index in [9.17, 15) is 0 Å². The number of hydrogen-bond donors (Lipinski definition) is 1. The maximum atomic E-state index is 5.50. The Morgan fingerprint density at radius 3 is 1.86 bits per heavy atom. The van der Waals surface area contributed by atoms with E-state index in [2.05, 4.69) is 19.6 Å². The number of hydrogen-bond acceptors (Lipinski definition) is 1. The van der Waals surface area contributed by atoms with Crippen LogP contribution in [-0.2, 0) is 32.7 Å². The first kappa shape index (κ1) is 15.7. The van der Waals surface area contributed by atoms with E-state index in [4.69, 9.17) is 1.37 Å². The topological polar surface area (TPSA) is 12.0 Å². The van der Waals surface area contributed by atoms with Crippen LogP contribution in [0.2, 0.25) is 0 Å². The van der Waals surface area contributed by atoms with Gasteiger partial charge in [-0.05, 0) is 7.05 Å². The molecule has 0 saturated heterocycles. The third-order valence-electron chi connectivity index (χ3n) is 0.250. The molecule has 0 aliphatic rings. The van der Waals surface area contributed by atoms with Crippen molar-refractivity contribution in [2.75, 3.05) is 13.6 Å². The Bertz CT molecular complexity index is 14.4. The third-order valence-corrected chi connectivity index (χ3v) is 0.250. The summed E-state index contributed by atoms with van der Waals surface area (Å²) in [5.41, 5.74) is 0. The summed E-state index contributed by atoms with van der Waals surface area (Å²) in [5.74, 6) is 0. The summed E-state index contributed by atoms with van der Waals surface area (Å²) in [7, 11) is 4.37. The summed E-state index contributed by atoms with van der Waals surface area (Å²) in [5, 5.41) is 2.82. The second-order valence-corrected chi connectivity index (χ2v) is 0.604. The van der Waals surface area contributed by atoms with Crippen molar-refractivity contribution in [1.29, 1.82) is 0 Å². The normalized spacial score (nSPS) is 5.29. The van der Waals surface area contributed by atoms with Crippen molar-refractivity contribution in [3.63, 3.8) is 0 Å². The van der Waals surface area contributed by atoms with Gasteiger partial charge in [0.15, 0.2) is 0 Å². The van der Waals surface area contributed by atoms with Crippen molar-refractivity contribution < 1.29 is 34.1 Å². The number of rotatable bonds is 1. The minimum atomic E-state index is 0. The average Bonchev–Trinajstić information content (AvgIpc) is 1.72. The predicted molar refractivity (Wildman–Crippen MR) is 32.1 cm³/mol. The summed E-state index contributed by atoms with van der Waals surface area (Å²) in [4.78, 5) is 0. The molecule has 0 heterocycles. The largest absolute Gasteiger partial charge is 3.00 e. The zero-order valence-corrected chi connectivity index (χ0v) is 8.04. The molecule has 0 aliphatic carbocycles. The van der Waals surface area contributed by atoms with Gasteiger partial charge < -0.3 is 27.1 Å². The molecule has 0 amide bonds. The molecule has 0 bridgehead atoms. The Morgan fingerprint density at radius 2 is 1.86 bits per heavy atom. The maximum Gasteiger partial charge on any atom is 3.00 e. The zero-order valence-electron chi connectivity index (χ0n) is 6.20. The second kappa shape index (κ2) is 27.7. The molecule has 0 rings (SSSR count). The van der Waals surface area contributed by atoms with Crippen LogP contribution in [0.1, 0.15) is 1.37 Å². The molecule has 0 radical (unpaired) electrons. The van der Waals surface area contributed by atoms with Crippen LogP contribution in [0, 0.1) is 21.8 Å². The van der Waals surface area contributed by atoms with Gasteiger partial charge in [0, 0.05) is 0 Å². The fourth-order valence-corrected chi connectivity index (χ4v) is 0. The molecule has 0 aromatic heterocycles. The van der Waals surface area contributed by atoms with Gasteiger partial charge >= 0.3 is 32.7 Å². The minimum absolute atomic E-state index is 0. The predicted octanol–water partition coefficient (Wildman–Crippen LogP) is 0.938. The Morgan fingerprint density at radius 1 is 1.71 bits per heavy atom. The van der Waals surface area contributed by atoms with Crippen LogP contribution in [0.3, 0.4) is 0 Å². The molecule has 0 aromatic rings. The fraction of sp³-hybridized carbons (Fsp3) is 0.400. The third kappa shape index (κ3) is 42.5. The van der Waals surface area contributed by atoms with E-state index in [1.54, 1.807) is 0 Å². The fourth-order valence-electron chi connectivity index (χ4n) is 0. The van der Waals surface area contributed by atoms with Crippen molar-refractivity contribution in [1.82, 2.24) is 5.32 Å². The van der Waals surface area contributed by atoms with E-state index in [0.717, 1.165) is 6.54 Å². The van der Waals surface area contributed by atoms with Crippen LogP contribution in [0.5, 0.6) is 0 Å². The van der Waals surface area contributed by atoms with Crippen molar-refractivity contribution in [3.8, 4) is 0 Å². The zero-order chi connectivity index (χ0) is 5.41. The second-order valence-electron chi connectivity index (χ2n) is 0.604. The first-order valence-electron chi connectivity index (χ1n) is 2.06. The van der Waals surface area contributed by atoms with Crippen LogP contribution in [0.4, 0.5) is 0 Å². The molecule has 0 aromatic carbocycles. The Kier molecular flexibility index (Phi) is 62.0. The van der Waals surface area contributed by atoms with Gasteiger partial charge in [-0.1, -0.05) is 0 Å². The smallest absolute Gasteiger partial charge is 0.358 e. The van der Waals surface area contributed by atoms with E-state index >= 15 is 0 Å². The molecule has 0 saturated carbocycles. The van der Waals surface area contributed by atoms with Crippen LogP contribution < -0.4 is 5.32 Å². The SMILES string of the molecule is [2H][CH2-].[CH2-]CNC.[CH3-].[Y+3]. The standard InChI is InChI=1S/C3H8N.2CH3.Y/c1-3-4-2;;;/h4H,1,3H2,2H3;2*1H3;/q3*-1;+3/i;1D;;. The van der Waals surface area contributed by atoms with E-state index in [-0.39, 0.29) is 40.1 Å². The molecule has 0 spiro atoms. The first-order valence-corrected chi connectivity index (χ1v) is 1.35. The van der Waals surface area contributed by atoms with Gasteiger partial charge in [0.05, 0.1) is 0 Å². The summed E-state index contributed by atoms with van der Waals surface area (Å²) >= 11 is 0. The van der Waals surface area contributed by atoms with Crippen LogP contribution in [0.15, 0.2) is 0 Å². The van der Waals surface area contributed by atoms with E-state index < -0.39 is 0 Å². The minimum Gasteiger partial charge on any atom is -0.358 e. The summed E-state index contributed by atoms with van der Waals surface area (Å²) in [6, 6.07) is 0. The Balaban J connectivity index is -0.0000000183. The van der Waals surface area contributed by atoms with Crippen LogP contribution in [0.25, 0.3) is 0 Å². The molecule has 2 heteroatoms. The first-order chi connectivity index (χ1) is 2.91. The van der Waals surface area contributed by atoms with Crippen LogP contribution >= 0.6 is 0 Å². The van der Waals surface area contributed by atoms with Gasteiger partial charge in [-0.25, -0.2) is 1.37 Å². The van der Waals surface area contributed by atoms with E-state index in [1.165, 1.54) is 0 Å². The van der Waals surface area contributed by atoms with Gasteiger partial charge in [-0.15, -0.1) is 6.54 Å². The Hall–Kier alpha value is 1.06. The van der Waals surface area contributed by atoms with Crippen molar-refractivity contribution in [2.24, 2.45) is 0 Å². The quantitative estimate of drug-likeness (QED) is 0.589. The molecule has 1 nitrogen and oxygen atoms in total. The molecule has 0 atom stereocenters. The summed E-state index contributed by atoms with van der Waals surface area (Å²) < 4.78 is 5.50. The molecular formula is C5H14NY. The molecule has 7 heavy (non-hydrogen) atoms. The molecular weight excluding hydrogens is 163 g/mol. The van der Waals surface area contributed by atoms with Gasteiger partial charge in [0.25, 0.3) is 0 Å². The summed E-state index contributed by atoms with van der Waals surface area (Å²) in [6.07, 6.45) is 0. The van der Waals surface area contributed by atoms with E-state index in [1.807, 2.05) is 7.05 Å². The molecule has 42 valence electrons.